The largest absolute Gasteiger partial charge is 0.485 e. The fraction of sp³-hybridized carbons (Fsp3) is 0.100. The van der Waals surface area contributed by atoms with Crippen molar-refractivity contribution in [2.24, 2.45) is 0 Å². The fourth-order valence-electron chi connectivity index (χ4n) is 2.64. The number of hydrazine groups is 1. The highest BCUT2D eigenvalue weighted by molar-refractivity contribution is 7.17. The first-order valence-electron chi connectivity index (χ1n) is 8.44. The molecule has 0 bridgehead atoms. The first-order chi connectivity index (χ1) is 13.6. The monoisotopic (exact) mass is 398 g/mol. The molecule has 8 heteroatoms. The van der Waals surface area contributed by atoms with Crippen LogP contribution in [0.1, 0.15) is 9.67 Å². The van der Waals surface area contributed by atoms with Crippen LogP contribution in [0.5, 0.6) is 11.5 Å². The Balaban J connectivity index is 1.34. The highest BCUT2D eigenvalue weighted by atomic mass is 32.1. The molecule has 1 aliphatic rings. The third-order valence-electron chi connectivity index (χ3n) is 4.06. The van der Waals surface area contributed by atoms with Gasteiger partial charge in [0.1, 0.15) is 12.4 Å². The lowest BCUT2D eigenvalue weighted by atomic mass is 10.2. The molecule has 0 fully saturated rings. The number of carbonyl (C=O) groups is 2. The van der Waals surface area contributed by atoms with Crippen molar-refractivity contribution >= 4 is 23.2 Å². The molecule has 0 aliphatic carbocycles. The van der Waals surface area contributed by atoms with Gasteiger partial charge in [-0.25, -0.2) is 4.39 Å². The highest BCUT2D eigenvalue weighted by Crippen LogP contribution is 2.31. The fourth-order valence-corrected chi connectivity index (χ4v) is 3.55. The number of amides is 2. The SMILES string of the molecule is O=C(NNC(=O)C1COc2ccccc2O1)c1ccc(-c2ccc(F)cc2)s1. The molecule has 2 N–H and O–H groups in total. The lowest BCUT2D eigenvalue weighted by molar-refractivity contribution is -0.131. The number of benzene rings is 2. The summed E-state index contributed by atoms with van der Waals surface area (Å²) in [6, 6.07) is 16.5. The summed E-state index contributed by atoms with van der Waals surface area (Å²) in [6.07, 6.45) is -0.867. The zero-order chi connectivity index (χ0) is 19.5. The van der Waals surface area contributed by atoms with Gasteiger partial charge in [0, 0.05) is 4.88 Å². The summed E-state index contributed by atoms with van der Waals surface area (Å²) in [7, 11) is 0. The molecule has 0 saturated carbocycles. The Morgan fingerprint density at radius 3 is 2.50 bits per heavy atom. The normalized spacial score (nSPS) is 15.0. The molecule has 1 atom stereocenters. The maximum Gasteiger partial charge on any atom is 0.283 e. The van der Waals surface area contributed by atoms with Crippen molar-refractivity contribution in [1.82, 2.24) is 10.9 Å². The van der Waals surface area contributed by atoms with E-state index in [0.29, 0.717) is 16.4 Å². The van der Waals surface area contributed by atoms with E-state index in [0.717, 1.165) is 10.4 Å². The molecule has 0 radical (unpaired) electrons. The maximum absolute atomic E-state index is 13.0. The molecule has 6 nitrogen and oxygen atoms in total. The summed E-state index contributed by atoms with van der Waals surface area (Å²) < 4.78 is 24.1. The van der Waals surface area contributed by atoms with E-state index in [1.54, 1.807) is 42.5 Å². The summed E-state index contributed by atoms with van der Waals surface area (Å²) in [5, 5.41) is 0. The van der Waals surface area contributed by atoms with Gasteiger partial charge in [0.15, 0.2) is 11.5 Å². The van der Waals surface area contributed by atoms with Gasteiger partial charge in [-0.15, -0.1) is 11.3 Å². The number of para-hydroxylation sites is 2. The minimum absolute atomic E-state index is 0.0480. The molecule has 0 saturated heterocycles. The molecule has 2 aromatic carbocycles. The summed E-state index contributed by atoms with van der Waals surface area (Å²) >= 11 is 1.24. The zero-order valence-corrected chi connectivity index (χ0v) is 15.3. The Kier molecular flexibility index (Phi) is 4.94. The van der Waals surface area contributed by atoms with Gasteiger partial charge in [-0.2, -0.15) is 0 Å². The van der Waals surface area contributed by atoms with E-state index in [1.807, 2.05) is 6.07 Å². The van der Waals surface area contributed by atoms with Gasteiger partial charge in [-0.3, -0.25) is 20.4 Å². The number of thiophene rings is 1. The third-order valence-corrected chi connectivity index (χ3v) is 5.19. The van der Waals surface area contributed by atoms with E-state index in [4.69, 9.17) is 9.47 Å². The molecule has 3 aromatic rings. The number of carbonyl (C=O) groups excluding carboxylic acids is 2. The van der Waals surface area contributed by atoms with E-state index in [2.05, 4.69) is 10.9 Å². The average molecular weight is 398 g/mol. The zero-order valence-electron chi connectivity index (χ0n) is 14.5. The highest BCUT2D eigenvalue weighted by Gasteiger charge is 2.27. The van der Waals surface area contributed by atoms with E-state index >= 15 is 0 Å². The number of hydrogen-bond acceptors (Lipinski definition) is 5. The summed E-state index contributed by atoms with van der Waals surface area (Å²) in [5.74, 6) is -0.246. The molecular formula is C20H15FN2O4S. The smallest absolute Gasteiger partial charge is 0.283 e. The van der Waals surface area contributed by atoms with Crippen molar-refractivity contribution < 1.29 is 23.5 Å². The molecule has 1 aliphatic heterocycles. The van der Waals surface area contributed by atoms with Gasteiger partial charge >= 0.3 is 0 Å². The average Bonchev–Trinajstić information content (AvgIpc) is 3.22. The first kappa shape index (κ1) is 18.0. The van der Waals surface area contributed by atoms with E-state index in [-0.39, 0.29) is 12.4 Å². The Hall–Kier alpha value is -3.39. The van der Waals surface area contributed by atoms with Gasteiger partial charge in [0.25, 0.3) is 11.8 Å². The molecule has 1 aromatic heterocycles. The second-order valence-corrected chi connectivity index (χ2v) is 7.06. The third kappa shape index (κ3) is 3.81. The minimum Gasteiger partial charge on any atom is -0.485 e. The first-order valence-corrected chi connectivity index (χ1v) is 9.26. The molecule has 0 spiro atoms. The molecule has 2 heterocycles. The van der Waals surface area contributed by atoms with Crippen molar-refractivity contribution in [3.05, 3.63) is 71.4 Å². The lowest BCUT2D eigenvalue weighted by Crippen LogP contribution is -2.50. The number of fused-ring (bicyclic) bond motifs is 1. The molecule has 1 unspecified atom stereocenters. The summed E-state index contributed by atoms with van der Waals surface area (Å²) in [6.45, 7) is 0.0480. The predicted octanol–water partition coefficient (Wildman–Crippen LogP) is 3.16. The van der Waals surface area contributed by atoms with Crippen molar-refractivity contribution in [3.8, 4) is 21.9 Å². The molecule has 142 valence electrons. The van der Waals surface area contributed by atoms with Crippen LogP contribution in [0.4, 0.5) is 4.39 Å². The predicted molar refractivity (Wildman–Crippen MR) is 102 cm³/mol. The van der Waals surface area contributed by atoms with Crippen molar-refractivity contribution in [2.75, 3.05) is 6.61 Å². The van der Waals surface area contributed by atoms with Crippen LogP contribution in [0.3, 0.4) is 0 Å². The van der Waals surface area contributed by atoms with Crippen molar-refractivity contribution in [1.29, 1.82) is 0 Å². The number of halogens is 1. The van der Waals surface area contributed by atoms with Gasteiger partial charge < -0.3 is 9.47 Å². The van der Waals surface area contributed by atoms with E-state index in [9.17, 15) is 14.0 Å². The number of nitrogens with one attached hydrogen (secondary N) is 2. The van der Waals surface area contributed by atoms with Crippen LogP contribution in [0, 0.1) is 5.82 Å². The molecule has 4 rings (SSSR count). The Morgan fingerprint density at radius 2 is 1.71 bits per heavy atom. The Bertz CT molecular complexity index is 1020. The maximum atomic E-state index is 13.0. The van der Waals surface area contributed by atoms with Gasteiger partial charge in [-0.1, -0.05) is 24.3 Å². The van der Waals surface area contributed by atoms with E-state index in [1.165, 1.54) is 23.5 Å². The second kappa shape index (κ2) is 7.69. The van der Waals surface area contributed by atoms with Crippen LogP contribution >= 0.6 is 11.3 Å². The summed E-state index contributed by atoms with van der Waals surface area (Å²) in [5.41, 5.74) is 5.53. The van der Waals surface area contributed by atoms with Crippen LogP contribution < -0.4 is 20.3 Å². The number of ether oxygens (including phenoxy) is 2. The van der Waals surface area contributed by atoms with Crippen LogP contribution in [0.15, 0.2) is 60.7 Å². The Morgan fingerprint density at radius 1 is 0.964 bits per heavy atom. The van der Waals surface area contributed by atoms with Gasteiger partial charge in [-0.05, 0) is 42.0 Å². The van der Waals surface area contributed by atoms with Gasteiger partial charge in [0.2, 0.25) is 6.10 Å². The minimum atomic E-state index is -0.867. The number of rotatable bonds is 3. The van der Waals surface area contributed by atoms with Crippen LogP contribution in [-0.2, 0) is 4.79 Å². The van der Waals surface area contributed by atoms with Crippen molar-refractivity contribution in [3.63, 3.8) is 0 Å². The van der Waals surface area contributed by atoms with Crippen LogP contribution in [-0.4, -0.2) is 24.5 Å². The molecular weight excluding hydrogens is 383 g/mol. The van der Waals surface area contributed by atoms with Gasteiger partial charge in [0.05, 0.1) is 4.88 Å². The van der Waals surface area contributed by atoms with Crippen molar-refractivity contribution in [2.45, 2.75) is 6.10 Å². The Labute approximate surface area is 163 Å². The van der Waals surface area contributed by atoms with E-state index < -0.39 is 17.9 Å². The second-order valence-electron chi connectivity index (χ2n) is 5.98. The standard InChI is InChI=1S/C20H15FN2O4S/c21-13-7-5-12(6-8-13)17-9-10-18(28-17)20(25)23-22-19(24)16-11-26-14-3-1-2-4-15(14)27-16/h1-10,16H,11H2,(H,22,24)(H,23,25). The summed E-state index contributed by atoms with van der Waals surface area (Å²) in [4.78, 5) is 25.7. The lowest BCUT2D eigenvalue weighted by Gasteiger charge is -2.25. The molecule has 28 heavy (non-hydrogen) atoms. The molecule has 2 amide bonds. The van der Waals surface area contributed by atoms with Crippen LogP contribution in [0.2, 0.25) is 0 Å². The quantitative estimate of drug-likeness (QED) is 0.665. The number of hydrogen-bond donors (Lipinski definition) is 2. The topological polar surface area (TPSA) is 76.7 Å². The van der Waals surface area contributed by atoms with Crippen LogP contribution in [0.25, 0.3) is 10.4 Å².